The minimum absolute atomic E-state index is 0.0262. The number of ether oxygens (including phenoxy) is 4. The van der Waals surface area contributed by atoms with Gasteiger partial charge in [-0.25, -0.2) is 32.3 Å². The summed E-state index contributed by atoms with van der Waals surface area (Å²) in [7, 11) is 4.09. The molecule has 11 rings (SSSR count). The van der Waals surface area contributed by atoms with Crippen LogP contribution >= 0.6 is 15.9 Å². The van der Waals surface area contributed by atoms with Crippen LogP contribution in [0.4, 0.5) is 13.2 Å². The molecule has 7 aliphatic rings. The van der Waals surface area contributed by atoms with E-state index in [1.165, 1.54) is 42.5 Å². The predicted molar refractivity (Wildman–Crippen MR) is 261 cm³/mol. The number of halogens is 4. The standard InChI is InChI=1S/C14H17NO4.C13H11FN2O2.C13H14FNO2.C7H4BrFO2.C6H11NO/c16-7-8-18-10-1-2-11-12(9-10)14(19-13(11)17)3-5-15-6-4-14;14-9-1-2-10-11(7-9)13(18-12(10)17)3-5-16(8-15)6-4-13;1-15-6-4-13(5-7-15)11-8-9(14)2-3-10(11)12(16)17-13;8-6-3-4(9)1-2-5(6)7(10)11;1-7-4-2-6(8)3-5-7/h1-2,9,15-16H,3-8H2;1-2,7H,3-6H2;2-3,8H,4-7H2,1H3;1-3H,(H,10,11);2-5H2,1H3. The summed E-state index contributed by atoms with van der Waals surface area (Å²) in [6.07, 6.45) is 7.71. The fourth-order valence-corrected chi connectivity index (χ4v) is 10.3. The van der Waals surface area contributed by atoms with Crippen LogP contribution in [0.1, 0.15) is 109 Å². The Kier molecular flexibility index (Phi) is 17.6. The molecule has 4 saturated heterocycles. The Morgan fingerprint density at radius 3 is 1.58 bits per heavy atom. The van der Waals surface area contributed by atoms with Crippen molar-refractivity contribution in [2.45, 2.75) is 68.2 Å². The summed E-state index contributed by atoms with van der Waals surface area (Å²) in [5, 5.41) is 29.4. The number of carbonyl (C=O) groups is 5. The first-order valence-electron chi connectivity index (χ1n) is 24.0. The highest BCUT2D eigenvalue weighted by atomic mass is 79.9. The number of carboxylic acid groups (broad SMARTS) is 1. The van der Waals surface area contributed by atoms with Gasteiger partial charge in [0.15, 0.2) is 6.19 Å². The molecule has 0 aliphatic carbocycles. The van der Waals surface area contributed by atoms with Gasteiger partial charge in [0.25, 0.3) is 0 Å². The van der Waals surface area contributed by atoms with Crippen LogP contribution in [0.2, 0.25) is 0 Å². The number of piperidine rings is 4. The van der Waals surface area contributed by atoms with Crippen molar-refractivity contribution in [3.63, 3.8) is 0 Å². The topological polar surface area (TPSA) is 208 Å². The monoisotopic (exact) mass is 1080 g/mol. The SMILES string of the molecule is CN1CCC(=O)CC1.CN1CCC2(CC1)OC(=O)c1ccc(F)cc12.N#CN1CCC2(CC1)OC(=O)c1ccc(F)cc12.O=C(O)c1ccc(F)cc1Br.O=C1OC2(CCNCC2)c2cc(OCCO)ccc21. The molecule has 7 aliphatic heterocycles. The molecule has 4 aromatic rings. The molecule has 0 bridgehead atoms. The van der Waals surface area contributed by atoms with Gasteiger partial charge in [0.1, 0.15) is 52.4 Å². The second-order valence-corrected chi connectivity index (χ2v) is 19.6. The summed E-state index contributed by atoms with van der Waals surface area (Å²) >= 11 is 2.93. The molecule has 3 N–H and O–H groups in total. The number of Topliss-reactive ketones (excluding diaryl/α,β-unsaturated/α-hetero) is 1. The maximum atomic E-state index is 13.3. The number of carboxylic acids is 1. The van der Waals surface area contributed by atoms with Crippen molar-refractivity contribution < 1.29 is 66.3 Å². The molecule has 7 heterocycles. The number of ketones is 1. The molecule has 20 heteroatoms. The van der Waals surface area contributed by atoms with Gasteiger partial charge < -0.3 is 49.2 Å². The average molecular weight is 1080 g/mol. The third-order valence-electron chi connectivity index (χ3n) is 13.9. The minimum atomic E-state index is -1.07. The van der Waals surface area contributed by atoms with E-state index >= 15 is 0 Å². The lowest BCUT2D eigenvalue weighted by Crippen LogP contribution is -2.41. The van der Waals surface area contributed by atoms with Crippen LogP contribution in [0.15, 0.2) is 77.3 Å². The number of aliphatic hydroxyl groups is 1. The van der Waals surface area contributed by atoms with Gasteiger partial charge in [-0.2, -0.15) is 5.26 Å². The van der Waals surface area contributed by atoms with Crippen LogP contribution in [0, 0.1) is 28.9 Å². The number of hydrogen-bond acceptors (Lipinski definition) is 15. The number of rotatable bonds is 4. The van der Waals surface area contributed by atoms with Crippen LogP contribution in [0.25, 0.3) is 0 Å². The third-order valence-corrected chi connectivity index (χ3v) is 14.6. The molecule has 4 aromatic carbocycles. The van der Waals surface area contributed by atoms with E-state index < -0.39 is 34.6 Å². The molecule has 4 fully saturated rings. The van der Waals surface area contributed by atoms with E-state index in [4.69, 9.17) is 34.4 Å². The Hall–Kier alpha value is -6.37. The Bertz CT molecular complexity index is 2740. The number of likely N-dealkylation sites (tertiary alicyclic amines) is 3. The number of fused-ring (bicyclic) bond motifs is 6. The van der Waals surface area contributed by atoms with E-state index in [9.17, 15) is 37.1 Å². The largest absolute Gasteiger partial charge is 0.491 e. The van der Waals surface area contributed by atoms with Crippen molar-refractivity contribution in [1.29, 1.82) is 5.26 Å². The number of nitrogens with zero attached hydrogens (tertiary/aromatic N) is 4. The van der Waals surface area contributed by atoms with E-state index in [2.05, 4.69) is 37.2 Å². The number of hydrogen-bond donors (Lipinski definition) is 3. The van der Waals surface area contributed by atoms with Gasteiger partial charge in [-0.3, -0.25) is 4.79 Å². The van der Waals surface area contributed by atoms with Gasteiger partial charge in [-0.1, -0.05) is 0 Å². The first-order valence-corrected chi connectivity index (χ1v) is 24.8. The smallest absolute Gasteiger partial charge is 0.339 e. The van der Waals surface area contributed by atoms with Gasteiger partial charge in [-0.15, -0.1) is 0 Å². The molecule has 388 valence electrons. The van der Waals surface area contributed by atoms with Crippen LogP contribution in [-0.4, -0.2) is 134 Å². The van der Waals surface area contributed by atoms with Crippen LogP contribution in [-0.2, 0) is 35.8 Å². The van der Waals surface area contributed by atoms with E-state index in [-0.39, 0.29) is 46.8 Å². The van der Waals surface area contributed by atoms with E-state index in [1.807, 2.05) is 20.2 Å². The normalized spacial score (nSPS) is 19.6. The highest BCUT2D eigenvalue weighted by Crippen LogP contribution is 2.46. The molecule has 3 spiro atoms. The molecule has 73 heavy (non-hydrogen) atoms. The van der Waals surface area contributed by atoms with Crippen LogP contribution in [0.3, 0.4) is 0 Å². The Labute approximate surface area is 429 Å². The highest BCUT2D eigenvalue weighted by Gasteiger charge is 2.49. The molecule has 0 saturated carbocycles. The van der Waals surface area contributed by atoms with Crippen molar-refractivity contribution in [2.24, 2.45) is 0 Å². The van der Waals surface area contributed by atoms with Gasteiger partial charge in [0, 0.05) is 112 Å². The second kappa shape index (κ2) is 23.7. The maximum Gasteiger partial charge on any atom is 0.339 e. The van der Waals surface area contributed by atoms with Crippen molar-refractivity contribution in [1.82, 2.24) is 20.0 Å². The van der Waals surface area contributed by atoms with Crippen molar-refractivity contribution in [3.8, 4) is 11.9 Å². The second-order valence-electron chi connectivity index (χ2n) is 18.7. The number of nitrogens with one attached hydrogen (secondary N) is 1. The Morgan fingerprint density at radius 1 is 0.671 bits per heavy atom. The zero-order valence-corrected chi connectivity index (χ0v) is 42.1. The Morgan fingerprint density at radius 2 is 1.11 bits per heavy atom. The molecular formula is C53H57BrF3N5O11. The first-order chi connectivity index (χ1) is 34.9. The number of benzene rings is 4. The molecule has 0 unspecified atom stereocenters. The first kappa shape index (κ1) is 54.4. The van der Waals surface area contributed by atoms with E-state index in [1.54, 1.807) is 17.0 Å². The minimum Gasteiger partial charge on any atom is -0.491 e. The van der Waals surface area contributed by atoms with Gasteiger partial charge in [0.2, 0.25) is 0 Å². The average Bonchev–Trinajstić information content (AvgIpc) is 3.91. The van der Waals surface area contributed by atoms with Gasteiger partial charge in [-0.05, 0) is 116 Å². The zero-order valence-electron chi connectivity index (χ0n) is 40.5. The summed E-state index contributed by atoms with van der Waals surface area (Å²) in [6.45, 7) is 6.61. The quantitative estimate of drug-likeness (QED) is 0.106. The van der Waals surface area contributed by atoms with Crippen molar-refractivity contribution in [2.75, 3.05) is 79.7 Å². The molecule has 16 nitrogen and oxygen atoms in total. The number of aliphatic hydroxyl groups excluding tert-OH is 1. The lowest BCUT2D eigenvalue weighted by atomic mass is 9.84. The predicted octanol–water partition coefficient (Wildman–Crippen LogP) is 7.06. The molecule has 0 aromatic heterocycles. The lowest BCUT2D eigenvalue weighted by Gasteiger charge is -2.36. The maximum absolute atomic E-state index is 13.3. The molecule has 0 atom stereocenters. The molecule has 0 radical (unpaired) electrons. The van der Waals surface area contributed by atoms with Crippen LogP contribution < -0.4 is 10.1 Å². The summed E-state index contributed by atoms with van der Waals surface area (Å²) in [6, 6.07) is 17.2. The lowest BCUT2D eigenvalue weighted by molar-refractivity contribution is -0.121. The van der Waals surface area contributed by atoms with Crippen LogP contribution in [0.5, 0.6) is 5.75 Å². The number of carbonyl (C=O) groups excluding carboxylic acids is 4. The van der Waals surface area contributed by atoms with Crippen molar-refractivity contribution >= 4 is 45.6 Å². The Balaban J connectivity index is 0.000000137. The van der Waals surface area contributed by atoms with Gasteiger partial charge in [0.05, 0.1) is 28.9 Å². The van der Waals surface area contributed by atoms with Gasteiger partial charge >= 0.3 is 23.9 Å². The van der Waals surface area contributed by atoms with E-state index in [0.717, 1.165) is 101 Å². The number of aromatic carboxylic acids is 1. The number of nitriles is 1. The molecule has 0 amide bonds. The third kappa shape index (κ3) is 12.7. The molecular weight excluding hydrogens is 1020 g/mol. The summed E-state index contributed by atoms with van der Waals surface area (Å²) in [5.41, 5.74) is 2.15. The van der Waals surface area contributed by atoms with Crippen molar-refractivity contribution in [3.05, 3.63) is 134 Å². The fourth-order valence-electron chi connectivity index (χ4n) is 9.76. The number of esters is 3. The fraction of sp³-hybridized carbons (Fsp3) is 0.434. The highest BCUT2D eigenvalue weighted by molar-refractivity contribution is 9.10. The zero-order chi connectivity index (χ0) is 52.5. The summed E-state index contributed by atoms with van der Waals surface area (Å²) in [4.78, 5) is 62.4. The van der Waals surface area contributed by atoms with E-state index in [0.29, 0.717) is 59.7 Å². The summed E-state index contributed by atoms with van der Waals surface area (Å²) in [5.74, 6) is -2.06. The summed E-state index contributed by atoms with van der Waals surface area (Å²) < 4.78 is 61.4.